The molecule has 1 aliphatic rings. The first-order valence-corrected chi connectivity index (χ1v) is 11.5. The maximum absolute atomic E-state index is 13.0. The molecule has 0 unspecified atom stereocenters. The summed E-state index contributed by atoms with van der Waals surface area (Å²) in [4.78, 5) is 26.9. The topological polar surface area (TPSA) is 79.6 Å². The quantitative estimate of drug-likeness (QED) is 0.343. The first-order valence-electron chi connectivity index (χ1n) is 9.93. The number of anilines is 1. The number of hydrogen-bond donors (Lipinski definition) is 0. The molecule has 0 spiro atoms. The van der Waals surface area contributed by atoms with Crippen LogP contribution in [0.15, 0.2) is 65.6 Å². The van der Waals surface area contributed by atoms with Crippen molar-refractivity contribution in [2.75, 3.05) is 12.0 Å². The average Bonchev–Trinajstić information content (AvgIpc) is 3.11. The van der Waals surface area contributed by atoms with Gasteiger partial charge in [0.2, 0.25) is 0 Å². The van der Waals surface area contributed by atoms with Gasteiger partial charge in [-0.25, -0.2) is 4.90 Å². The van der Waals surface area contributed by atoms with Crippen LogP contribution in [-0.2, 0) is 11.4 Å². The van der Waals surface area contributed by atoms with E-state index in [-0.39, 0.29) is 27.3 Å². The predicted molar refractivity (Wildman–Crippen MR) is 133 cm³/mol. The first kappa shape index (κ1) is 23.7. The van der Waals surface area contributed by atoms with E-state index in [0.717, 1.165) is 16.7 Å². The van der Waals surface area contributed by atoms with E-state index in [0.29, 0.717) is 28.1 Å². The Balaban J connectivity index is 1.57. The van der Waals surface area contributed by atoms with Crippen molar-refractivity contribution in [1.82, 2.24) is 0 Å². The zero-order chi connectivity index (χ0) is 24.2. The molecular weight excluding hydrogens is 495 g/mol. The molecule has 1 heterocycles. The molecule has 34 heavy (non-hydrogen) atoms. The van der Waals surface area contributed by atoms with E-state index < -0.39 is 11.1 Å². The Morgan fingerprint density at radius 3 is 2.44 bits per heavy atom. The van der Waals surface area contributed by atoms with Crippen LogP contribution >= 0.6 is 35.0 Å². The second kappa shape index (κ2) is 10.2. The summed E-state index contributed by atoms with van der Waals surface area (Å²) in [5, 5.41) is 9.26. The average molecular weight is 511 g/mol. The zero-order valence-corrected chi connectivity index (χ0v) is 20.1. The van der Waals surface area contributed by atoms with Crippen LogP contribution in [0.25, 0.3) is 6.08 Å². The molecule has 0 aromatic heterocycles. The van der Waals surface area contributed by atoms with Gasteiger partial charge >= 0.3 is 0 Å². The Morgan fingerprint density at radius 1 is 1.06 bits per heavy atom. The summed E-state index contributed by atoms with van der Waals surface area (Å²) in [6, 6.07) is 19.2. The normalized spacial score (nSPS) is 14.4. The minimum absolute atomic E-state index is 0.111. The Kier molecular flexibility index (Phi) is 7.13. The second-order valence-corrected chi connectivity index (χ2v) is 8.87. The summed E-state index contributed by atoms with van der Waals surface area (Å²) >= 11 is 13.6. The largest absolute Gasteiger partial charge is 0.495 e. The van der Waals surface area contributed by atoms with Crippen molar-refractivity contribution >= 4 is 57.9 Å². The van der Waals surface area contributed by atoms with Crippen LogP contribution in [-0.4, -0.2) is 18.3 Å². The number of imide groups is 1. The van der Waals surface area contributed by atoms with Crippen molar-refractivity contribution in [1.29, 1.82) is 5.26 Å². The lowest BCUT2D eigenvalue weighted by Gasteiger charge is -2.15. The number of benzene rings is 3. The van der Waals surface area contributed by atoms with Gasteiger partial charge in [0, 0.05) is 5.56 Å². The number of carbonyl (C=O) groups is 2. The van der Waals surface area contributed by atoms with Crippen LogP contribution in [0.3, 0.4) is 0 Å². The summed E-state index contributed by atoms with van der Waals surface area (Å²) in [6.07, 6.45) is 1.55. The molecule has 170 valence electrons. The molecule has 0 atom stereocenters. The van der Waals surface area contributed by atoms with Gasteiger partial charge in [0.05, 0.1) is 39.4 Å². The molecule has 0 radical (unpaired) electrons. The van der Waals surface area contributed by atoms with Crippen molar-refractivity contribution in [3.8, 4) is 17.6 Å². The third-order valence-corrected chi connectivity index (χ3v) is 6.38. The highest BCUT2D eigenvalue weighted by molar-refractivity contribution is 8.19. The first-order chi connectivity index (χ1) is 16.4. The Bertz CT molecular complexity index is 1340. The van der Waals surface area contributed by atoms with Crippen LogP contribution in [0.2, 0.25) is 10.0 Å². The second-order valence-electron chi connectivity index (χ2n) is 7.06. The fraction of sp³-hybridized carbons (Fsp3) is 0.0800. The SMILES string of the molecule is COc1ccccc1N1C(=O)S/C(=C\c2cc(Cl)c(OCc3ccccc3C#N)c(Cl)c2)C1=O. The summed E-state index contributed by atoms with van der Waals surface area (Å²) in [7, 11) is 1.47. The summed E-state index contributed by atoms with van der Waals surface area (Å²) in [5.74, 6) is 0.201. The van der Waals surface area contributed by atoms with Gasteiger partial charge in [0.25, 0.3) is 11.1 Å². The van der Waals surface area contributed by atoms with Crippen LogP contribution in [0.1, 0.15) is 16.7 Å². The van der Waals surface area contributed by atoms with E-state index in [1.807, 2.05) is 6.07 Å². The monoisotopic (exact) mass is 510 g/mol. The van der Waals surface area contributed by atoms with Crippen LogP contribution in [0, 0.1) is 11.3 Å². The zero-order valence-electron chi connectivity index (χ0n) is 17.7. The number of thioether (sulfide) groups is 1. The maximum atomic E-state index is 13.0. The number of carbonyl (C=O) groups excluding carboxylic acids is 2. The highest BCUT2D eigenvalue weighted by Crippen LogP contribution is 2.41. The number of rotatable bonds is 6. The number of hydrogen-bond acceptors (Lipinski definition) is 6. The fourth-order valence-electron chi connectivity index (χ4n) is 3.35. The number of amides is 2. The molecule has 6 nitrogen and oxygen atoms in total. The molecule has 3 aromatic carbocycles. The number of ether oxygens (including phenoxy) is 2. The van der Waals surface area contributed by atoms with Crippen LogP contribution in [0.5, 0.6) is 11.5 Å². The van der Waals surface area contributed by atoms with Gasteiger partial charge in [-0.3, -0.25) is 9.59 Å². The van der Waals surface area contributed by atoms with Crippen LogP contribution < -0.4 is 14.4 Å². The van der Waals surface area contributed by atoms with E-state index in [1.165, 1.54) is 7.11 Å². The number of methoxy groups -OCH3 is 1. The van der Waals surface area contributed by atoms with E-state index in [2.05, 4.69) is 6.07 Å². The molecule has 1 fully saturated rings. The lowest BCUT2D eigenvalue weighted by Crippen LogP contribution is -2.28. The van der Waals surface area contributed by atoms with Crippen molar-refractivity contribution < 1.29 is 19.1 Å². The highest BCUT2D eigenvalue weighted by Gasteiger charge is 2.37. The van der Waals surface area contributed by atoms with Gasteiger partial charge in [-0.15, -0.1) is 0 Å². The third kappa shape index (κ3) is 4.75. The lowest BCUT2D eigenvalue weighted by atomic mass is 10.1. The molecule has 0 bridgehead atoms. The molecule has 9 heteroatoms. The summed E-state index contributed by atoms with van der Waals surface area (Å²) < 4.78 is 11.1. The predicted octanol–water partition coefficient (Wildman–Crippen LogP) is 6.69. The molecule has 0 saturated carbocycles. The van der Waals surface area contributed by atoms with Crippen molar-refractivity contribution in [2.24, 2.45) is 0 Å². The highest BCUT2D eigenvalue weighted by atomic mass is 35.5. The van der Waals surface area contributed by atoms with Gasteiger partial charge in [0.1, 0.15) is 12.4 Å². The lowest BCUT2D eigenvalue weighted by molar-refractivity contribution is -0.113. The van der Waals surface area contributed by atoms with Gasteiger partial charge in [0.15, 0.2) is 5.75 Å². The Labute approximate surface area is 210 Å². The molecule has 4 rings (SSSR count). The number of nitriles is 1. The summed E-state index contributed by atoms with van der Waals surface area (Å²) in [6.45, 7) is 0.111. The van der Waals surface area contributed by atoms with E-state index in [1.54, 1.807) is 60.7 Å². The maximum Gasteiger partial charge on any atom is 0.298 e. The molecule has 0 N–H and O–H groups in total. The molecule has 1 saturated heterocycles. The molecule has 2 amide bonds. The van der Waals surface area contributed by atoms with E-state index in [9.17, 15) is 14.9 Å². The molecule has 1 aliphatic heterocycles. The standard InChI is InChI=1S/C25H16Cl2N2O4S/c1-32-21-9-5-4-8-20(21)29-24(30)22(34-25(29)31)12-15-10-18(26)23(19(27)11-15)33-14-17-7-3-2-6-16(17)13-28/h2-12H,14H2,1H3/b22-12-. The van der Waals surface area contributed by atoms with E-state index >= 15 is 0 Å². The van der Waals surface area contributed by atoms with Crippen molar-refractivity contribution in [2.45, 2.75) is 6.61 Å². The summed E-state index contributed by atoms with van der Waals surface area (Å²) in [5.41, 5.74) is 2.10. The van der Waals surface area contributed by atoms with E-state index in [4.69, 9.17) is 32.7 Å². The van der Waals surface area contributed by atoms with Crippen molar-refractivity contribution in [3.63, 3.8) is 0 Å². The van der Waals surface area contributed by atoms with Crippen LogP contribution in [0.4, 0.5) is 10.5 Å². The van der Waals surface area contributed by atoms with Gasteiger partial charge in [-0.05, 0) is 53.7 Å². The van der Waals surface area contributed by atoms with Gasteiger partial charge < -0.3 is 9.47 Å². The van der Waals surface area contributed by atoms with Crippen molar-refractivity contribution in [3.05, 3.63) is 92.3 Å². The smallest absolute Gasteiger partial charge is 0.298 e. The number of para-hydroxylation sites is 2. The Morgan fingerprint density at radius 2 is 1.74 bits per heavy atom. The molecule has 0 aliphatic carbocycles. The minimum Gasteiger partial charge on any atom is -0.495 e. The number of halogens is 2. The number of nitrogens with zero attached hydrogens (tertiary/aromatic N) is 2. The minimum atomic E-state index is -0.472. The molecular formula is C25H16Cl2N2O4S. The van der Waals surface area contributed by atoms with Gasteiger partial charge in [-0.2, -0.15) is 5.26 Å². The third-order valence-electron chi connectivity index (χ3n) is 4.95. The van der Waals surface area contributed by atoms with Gasteiger partial charge in [-0.1, -0.05) is 53.5 Å². The fourth-order valence-corrected chi connectivity index (χ4v) is 4.79. The Hall–Kier alpha value is -3.44. The molecule has 3 aromatic rings.